The monoisotopic (exact) mass is 468 g/mol. The van der Waals surface area contributed by atoms with Crippen molar-refractivity contribution < 1.29 is 18.1 Å². The number of nitrogens with zero attached hydrogens (tertiary/aromatic N) is 2. The summed E-state index contributed by atoms with van der Waals surface area (Å²) in [5, 5.41) is 15.9. The number of methoxy groups -OCH3 is 1. The largest absolute Gasteiger partial charge is 0.497 e. The van der Waals surface area contributed by atoms with E-state index in [9.17, 15) is 18.5 Å². The van der Waals surface area contributed by atoms with E-state index in [1.54, 1.807) is 12.1 Å². The molecule has 33 heavy (non-hydrogen) atoms. The summed E-state index contributed by atoms with van der Waals surface area (Å²) in [5.41, 5.74) is 4.60. The molecule has 3 aromatic rings. The van der Waals surface area contributed by atoms with E-state index in [0.717, 1.165) is 17.3 Å². The van der Waals surface area contributed by atoms with Crippen LogP contribution >= 0.6 is 0 Å². The maximum Gasteiger partial charge on any atom is 0.295 e. The Morgan fingerprint density at radius 2 is 1.76 bits per heavy atom. The van der Waals surface area contributed by atoms with Crippen LogP contribution in [0.15, 0.2) is 82.8 Å². The van der Waals surface area contributed by atoms with Gasteiger partial charge in [-0.15, -0.1) is 0 Å². The van der Waals surface area contributed by atoms with Crippen LogP contribution in [0.4, 0.5) is 17.1 Å². The average Bonchev–Trinajstić information content (AvgIpc) is 2.82. The molecule has 0 bridgehead atoms. The molecular weight excluding hydrogens is 444 g/mol. The lowest BCUT2D eigenvalue weighted by atomic mass is 10.1. The van der Waals surface area contributed by atoms with Crippen molar-refractivity contribution in [2.45, 2.75) is 24.7 Å². The number of nitro groups is 1. The van der Waals surface area contributed by atoms with Crippen LogP contribution in [0.5, 0.6) is 5.75 Å². The van der Waals surface area contributed by atoms with Gasteiger partial charge in [0.1, 0.15) is 11.4 Å². The molecule has 0 amide bonds. The molecule has 0 aliphatic rings. The van der Waals surface area contributed by atoms with Gasteiger partial charge in [0.25, 0.3) is 15.7 Å². The number of rotatable bonds is 10. The van der Waals surface area contributed by atoms with Gasteiger partial charge in [-0.2, -0.15) is 5.10 Å². The van der Waals surface area contributed by atoms with Gasteiger partial charge >= 0.3 is 0 Å². The summed E-state index contributed by atoms with van der Waals surface area (Å²) in [5.74, 6) is 0.572. The molecule has 0 unspecified atom stereocenters. The smallest absolute Gasteiger partial charge is 0.295 e. The third kappa shape index (κ3) is 6.30. The van der Waals surface area contributed by atoms with Crippen molar-refractivity contribution in [1.29, 1.82) is 0 Å². The van der Waals surface area contributed by atoms with Crippen LogP contribution in [-0.2, 0) is 16.4 Å². The SMILES string of the molecule is CC/C(Cc1ccccc1)=N\Nc1ccc(S(=O)(=O)Nc2ccc(OC)cc2)cc1[N+](=O)[O-]. The van der Waals surface area contributed by atoms with Crippen molar-refractivity contribution in [2.75, 3.05) is 17.3 Å². The van der Waals surface area contributed by atoms with Crippen LogP contribution < -0.4 is 14.9 Å². The summed E-state index contributed by atoms with van der Waals surface area (Å²) in [7, 11) is -2.54. The number of benzene rings is 3. The van der Waals surface area contributed by atoms with Crippen LogP contribution in [0.1, 0.15) is 18.9 Å². The van der Waals surface area contributed by atoms with Crippen molar-refractivity contribution in [2.24, 2.45) is 5.10 Å². The molecular formula is C23H24N4O5S. The van der Waals surface area contributed by atoms with E-state index < -0.39 is 20.6 Å². The third-order valence-corrected chi connectivity index (χ3v) is 6.19. The van der Waals surface area contributed by atoms with E-state index >= 15 is 0 Å². The van der Waals surface area contributed by atoms with E-state index in [1.165, 1.54) is 31.4 Å². The standard InChI is InChI=1S/C23H24N4O5S/c1-3-18(15-17-7-5-4-6-8-17)24-25-22-14-13-21(16-23(22)27(28)29)33(30,31)26-19-9-11-20(32-2)12-10-19/h4-14,16,25-26H,3,15H2,1-2H3/b24-18+. The normalized spacial score (nSPS) is 11.6. The zero-order valence-electron chi connectivity index (χ0n) is 18.2. The summed E-state index contributed by atoms with van der Waals surface area (Å²) < 4.78 is 32.9. The van der Waals surface area contributed by atoms with Crippen LogP contribution in [0, 0.1) is 10.1 Å². The first-order valence-corrected chi connectivity index (χ1v) is 11.6. The molecule has 9 nitrogen and oxygen atoms in total. The number of sulfonamides is 1. The summed E-state index contributed by atoms with van der Waals surface area (Å²) >= 11 is 0. The summed E-state index contributed by atoms with van der Waals surface area (Å²) in [4.78, 5) is 10.7. The maximum atomic E-state index is 12.7. The van der Waals surface area contributed by atoms with Crippen molar-refractivity contribution in [1.82, 2.24) is 0 Å². The molecule has 2 N–H and O–H groups in total. The molecule has 0 fully saturated rings. The number of hydrogen-bond donors (Lipinski definition) is 2. The lowest BCUT2D eigenvalue weighted by Gasteiger charge is -2.10. The van der Waals surface area contributed by atoms with Crippen molar-refractivity contribution in [3.63, 3.8) is 0 Å². The van der Waals surface area contributed by atoms with Crippen LogP contribution in [0.3, 0.4) is 0 Å². The highest BCUT2D eigenvalue weighted by Crippen LogP contribution is 2.29. The average molecular weight is 469 g/mol. The summed E-state index contributed by atoms with van der Waals surface area (Å²) in [6, 6.07) is 19.6. The molecule has 0 aliphatic carbocycles. The quantitative estimate of drug-likeness (QED) is 0.250. The highest BCUT2D eigenvalue weighted by molar-refractivity contribution is 7.92. The fourth-order valence-corrected chi connectivity index (χ4v) is 4.09. The van der Waals surface area contributed by atoms with Crippen molar-refractivity contribution in [3.8, 4) is 5.75 Å². The molecule has 0 heterocycles. The second-order valence-electron chi connectivity index (χ2n) is 7.08. The Labute approximate surface area is 192 Å². The molecule has 0 aliphatic heterocycles. The number of hydrazone groups is 1. The van der Waals surface area contributed by atoms with Gasteiger partial charge < -0.3 is 4.74 Å². The molecule has 0 saturated carbocycles. The predicted octanol–water partition coefficient (Wildman–Crippen LogP) is 4.82. The Morgan fingerprint density at radius 1 is 1.06 bits per heavy atom. The molecule has 10 heteroatoms. The molecule has 3 aromatic carbocycles. The minimum absolute atomic E-state index is 0.0995. The lowest BCUT2D eigenvalue weighted by Crippen LogP contribution is -2.13. The Kier molecular flexibility index (Phi) is 7.62. The Hall–Kier alpha value is -3.92. The minimum atomic E-state index is -4.04. The summed E-state index contributed by atoms with van der Waals surface area (Å²) in [6.07, 6.45) is 1.24. The van der Waals surface area contributed by atoms with Gasteiger partial charge in [-0.1, -0.05) is 37.3 Å². The Morgan fingerprint density at radius 3 is 2.36 bits per heavy atom. The zero-order valence-corrected chi connectivity index (χ0v) is 19.0. The lowest BCUT2D eigenvalue weighted by molar-refractivity contribution is -0.384. The first-order chi connectivity index (χ1) is 15.8. The van der Waals surface area contributed by atoms with Gasteiger partial charge in [-0.3, -0.25) is 20.3 Å². The van der Waals surface area contributed by atoms with Gasteiger partial charge in [0.15, 0.2) is 0 Å². The maximum absolute atomic E-state index is 12.7. The molecule has 0 atom stereocenters. The number of ether oxygens (including phenoxy) is 1. The van der Waals surface area contributed by atoms with Crippen LogP contribution in [0.25, 0.3) is 0 Å². The molecule has 172 valence electrons. The van der Waals surface area contributed by atoms with Gasteiger partial charge in [0.05, 0.1) is 16.9 Å². The van der Waals surface area contributed by atoms with Crippen LogP contribution in [-0.4, -0.2) is 26.2 Å². The van der Waals surface area contributed by atoms with E-state index in [0.29, 0.717) is 24.3 Å². The fraction of sp³-hybridized carbons (Fsp3) is 0.174. The zero-order chi connectivity index (χ0) is 23.8. The molecule has 0 aromatic heterocycles. The first kappa shape index (κ1) is 23.7. The number of hydrogen-bond acceptors (Lipinski definition) is 7. The third-order valence-electron chi connectivity index (χ3n) is 4.81. The first-order valence-electron chi connectivity index (χ1n) is 10.1. The highest BCUT2D eigenvalue weighted by atomic mass is 32.2. The number of nitro benzene ring substituents is 1. The minimum Gasteiger partial charge on any atom is -0.497 e. The van der Waals surface area contributed by atoms with Gasteiger partial charge in [-0.05, 0) is 48.4 Å². The molecule has 0 radical (unpaired) electrons. The number of nitrogens with one attached hydrogen (secondary N) is 2. The number of anilines is 2. The van der Waals surface area contributed by atoms with E-state index in [1.807, 2.05) is 37.3 Å². The highest BCUT2D eigenvalue weighted by Gasteiger charge is 2.22. The van der Waals surface area contributed by atoms with Gasteiger partial charge in [0, 0.05) is 23.9 Å². The fourth-order valence-electron chi connectivity index (χ4n) is 3.01. The van der Waals surface area contributed by atoms with Crippen molar-refractivity contribution in [3.05, 3.63) is 88.5 Å². The van der Waals surface area contributed by atoms with Crippen molar-refractivity contribution >= 4 is 32.8 Å². The van der Waals surface area contributed by atoms with Gasteiger partial charge in [0.2, 0.25) is 0 Å². The molecule has 0 saturated heterocycles. The van der Waals surface area contributed by atoms with E-state index in [4.69, 9.17) is 4.74 Å². The van der Waals surface area contributed by atoms with E-state index in [-0.39, 0.29) is 10.6 Å². The Balaban J connectivity index is 1.82. The molecule has 0 spiro atoms. The summed E-state index contributed by atoms with van der Waals surface area (Å²) in [6.45, 7) is 1.94. The van der Waals surface area contributed by atoms with Gasteiger partial charge in [-0.25, -0.2) is 8.42 Å². The second kappa shape index (κ2) is 10.6. The topological polar surface area (TPSA) is 123 Å². The predicted molar refractivity (Wildman–Crippen MR) is 128 cm³/mol. The van der Waals surface area contributed by atoms with E-state index in [2.05, 4.69) is 15.2 Å². The second-order valence-corrected chi connectivity index (χ2v) is 8.76. The Bertz CT molecular complexity index is 1240. The van der Waals surface area contributed by atoms with Crippen LogP contribution in [0.2, 0.25) is 0 Å². The molecule has 3 rings (SSSR count).